The molecule has 0 unspecified atom stereocenters. The van der Waals surface area contributed by atoms with Crippen molar-refractivity contribution in [2.75, 3.05) is 0 Å². The number of rotatable bonds is 4. The summed E-state index contributed by atoms with van der Waals surface area (Å²) in [6.07, 6.45) is 0. The minimum atomic E-state index is -0.0641. The first kappa shape index (κ1) is 16.0. The standard InChI is InChI=1S/C17H23NO2S/c1-11-7-6-8-12(2)15(11)20-10-14-18-16(17(3,4)5)13(9-19)21-14/h6-8,19H,9-10H2,1-5H3. The van der Waals surface area contributed by atoms with Gasteiger partial charge in [0.05, 0.1) is 17.2 Å². The zero-order valence-electron chi connectivity index (χ0n) is 13.4. The van der Waals surface area contributed by atoms with Crippen molar-refractivity contribution in [1.29, 1.82) is 0 Å². The zero-order valence-corrected chi connectivity index (χ0v) is 14.2. The van der Waals surface area contributed by atoms with Crippen LogP contribution in [0, 0.1) is 13.8 Å². The fourth-order valence-corrected chi connectivity index (χ4v) is 3.37. The molecule has 114 valence electrons. The lowest BCUT2D eigenvalue weighted by atomic mass is 9.91. The summed E-state index contributed by atoms with van der Waals surface area (Å²) in [6, 6.07) is 6.12. The van der Waals surface area contributed by atoms with Crippen molar-refractivity contribution < 1.29 is 9.84 Å². The lowest BCUT2D eigenvalue weighted by Gasteiger charge is -2.16. The molecule has 1 aromatic carbocycles. The van der Waals surface area contributed by atoms with E-state index in [0.717, 1.165) is 32.5 Å². The van der Waals surface area contributed by atoms with Gasteiger partial charge in [-0.15, -0.1) is 11.3 Å². The Morgan fingerprint density at radius 1 is 1.19 bits per heavy atom. The molecule has 0 aliphatic heterocycles. The second-order valence-corrected chi connectivity index (χ2v) is 7.47. The average Bonchev–Trinajstić information content (AvgIpc) is 2.81. The van der Waals surface area contributed by atoms with E-state index in [2.05, 4.69) is 25.8 Å². The summed E-state index contributed by atoms with van der Waals surface area (Å²) in [4.78, 5) is 5.59. The van der Waals surface area contributed by atoms with Gasteiger partial charge in [0.15, 0.2) is 0 Å². The summed E-state index contributed by atoms with van der Waals surface area (Å²) in [7, 11) is 0. The number of ether oxygens (including phenoxy) is 1. The monoisotopic (exact) mass is 305 g/mol. The summed E-state index contributed by atoms with van der Waals surface area (Å²) in [5.74, 6) is 0.926. The lowest BCUT2D eigenvalue weighted by molar-refractivity contribution is 0.282. The number of thiazole rings is 1. The normalized spacial score (nSPS) is 11.7. The van der Waals surface area contributed by atoms with E-state index in [-0.39, 0.29) is 12.0 Å². The van der Waals surface area contributed by atoms with Gasteiger partial charge in [0, 0.05) is 5.41 Å². The molecular weight excluding hydrogens is 282 g/mol. The van der Waals surface area contributed by atoms with Crippen LogP contribution < -0.4 is 4.74 Å². The molecule has 0 saturated carbocycles. The summed E-state index contributed by atoms with van der Waals surface area (Å²) in [5, 5.41) is 10.4. The molecule has 2 aromatic rings. The molecule has 1 heterocycles. The molecule has 4 heteroatoms. The number of aryl methyl sites for hydroxylation is 2. The molecule has 0 radical (unpaired) electrons. The number of aromatic nitrogens is 1. The number of aliphatic hydroxyl groups excluding tert-OH is 1. The number of aliphatic hydroxyl groups is 1. The van der Waals surface area contributed by atoms with E-state index < -0.39 is 0 Å². The fourth-order valence-electron chi connectivity index (χ4n) is 2.32. The largest absolute Gasteiger partial charge is 0.486 e. The van der Waals surface area contributed by atoms with E-state index in [1.165, 1.54) is 11.3 Å². The summed E-state index contributed by atoms with van der Waals surface area (Å²) in [5.41, 5.74) is 3.16. The first-order valence-electron chi connectivity index (χ1n) is 7.12. The van der Waals surface area contributed by atoms with Gasteiger partial charge < -0.3 is 9.84 Å². The van der Waals surface area contributed by atoms with Crippen LogP contribution in [0.25, 0.3) is 0 Å². The van der Waals surface area contributed by atoms with Gasteiger partial charge in [-0.05, 0) is 25.0 Å². The molecule has 0 saturated heterocycles. The van der Waals surface area contributed by atoms with Crippen LogP contribution in [0.5, 0.6) is 5.75 Å². The Morgan fingerprint density at radius 3 is 2.29 bits per heavy atom. The Labute approximate surface area is 130 Å². The number of para-hydroxylation sites is 1. The highest BCUT2D eigenvalue weighted by Crippen LogP contribution is 2.31. The average molecular weight is 305 g/mol. The molecule has 0 atom stereocenters. The van der Waals surface area contributed by atoms with Crippen LogP contribution in [-0.4, -0.2) is 10.1 Å². The molecule has 0 fully saturated rings. The van der Waals surface area contributed by atoms with E-state index in [1.54, 1.807) is 0 Å². The van der Waals surface area contributed by atoms with Gasteiger partial charge in [-0.3, -0.25) is 0 Å². The predicted octanol–water partition coefficient (Wildman–Crippen LogP) is 4.13. The Kier molecular flexibility index (Phi) is 4.69. The van der Waals surface area contributed by atoms with Gasteiger partial charge in [-0.1, -0.05) is 39.0 Å². The Hall–Kier alpha value is -1.39. The van der Waals surface area contributed by atoms with Crippen LogP contribution >= 0.6 is 11.3 Å². The molecule has 0 amide bonds. The van der Waals surface area contributed by atoms with Crippen LogP contribution in [0.15, 0.2) is 18.2 Å². The quantitative estimate of drug-likeness (QED) is 0.923. The van der Waals surface area contributed by atoms with Gasteiger partial charge in [0.25, 0.3) is 0 Å². The zero-order chi connectivity index (χ0) is 15.6. The van der Waals surface area contributed by atoms with Crippen LogP contribution in [-0.2, 0) is 18.6 Å². The van der Waals surface area contributed by atoms with Crippen molar-refractivity contribution in [1.82, 2.24) is 4.98 Å². The Balaban J connectivity index is 2.20. The van der Waals surface area contributed by atoms with Crippen LogP contribution in [0.1, 0.15) is 47.5 Å². The number of nitrogens with zero attached hydrogens (tertiary/aromatic N) is 1. The van der Waals surface area contributed by atoms with Crippen LogP contribution in [0.2, 0.25) is 0 Å². The molecule has 21 heavy (non-hydrogen) atoms. The van der Waals surface area contributed by atoms with E-state index in [1.807, 2.05) is 32.0 Å². The highest BCUT2D eigenvalue weighted by molar-refractivity contribution is 7.11. The third kappa shape index (κ3) is 3.63. The second-order valence-electron chi connectivity index (χ2n) is 6.30. The first-order valence-corrected chi connectivity index (χ1v) is 7.93. The van der Waals surface area contributed by atoms with E-state index >= 15 is 0 Å². The highest BCUT2D eigenvalue weighted by atomic mass is 32.1. The first-order chi connectivity index (χ1) is 9.82. The topological polar surface area (TPSA) is 42.4 Å². The molecule has 2 rings (SSSR count). The fraction of sp³-hybridized carbons (Fsp3) is 0.471. The smallest absolute Gasteiger partial charge is 0.140 e. The van der Waals surface area contributed by atoms with Gasteiger partial charge in [-0.2, -0.15) is 0 Å². The van der Waals surface area contributed by atoms with E-state index in [4.69, 9.17) is 4.74 Å². The highest BCUT2D eigenvalue weighted by Gasteiger charge is 2.23. The third-order valence-electron chi connectivity index (χ3n) is 3.34. The summed E-state index contributed by atoms with van der Waals surface area (Å²) in [6.45, 7) is 10.9. The maximum absolute atomic E-state index is 9.50. The van der Waals surface area contributed by atoms with Crippen molar-refractivity contribution in [2.24, 2.45) is 0 Å². The number of benzene rings is 1. The van der Waals surface area contributed by atoms with E-state index in [9.17, 15) is 5.11 Å². The molecule has 3 nitrogen and oxygen atoms in total. The van der Waals surface area contributed by atoms with Crippen LogP contribution in [0.3, 0.4) is 0 Å². The van der Waals surface area contributed by atoms with Crippen molar-refractivity contribution in [3.63, 3.8) is 0 Å². The summed E-state index contributed by atoms with van der Waals surface area (Å²) >= 11 is 1.53. The molecular formula is C17H23NO2S. The molecule has 0 aliphatic rings. The number of hydrogen-bond donors (Lipinski definition) is 1. The third-order valence-corrected chi connectivity index (χ3v) is 4.36. The molecule has 0 spiro atoms. The number of hydrogen-bond acceptors (Lipinski definition) is 4. The molecule has 1 aromatic heterocycles. The minimum Gasteiger partial charge on any atom is -0.486 e. The van der Waals surface area contributed by atoms with E-state index in [0.29, 0.717) is 6.61 Å². The SMILES string of the molecule is Cc1cccc(C)c1OCc1nc(C(C)(C)C)c(CO)s1. The molecule has 0 aliphatic carbocycles. The van der Waals surface area contributed by atoms with Crippen molar-refractivity contribution >= 4 is 11.3 Å². The van der Waals surface area contributed by atoms with Gasteiger partial charge >= 0.3 is 0 Å². The second kappa shape index (κ2) is 6.16. The van der Waals surface area contributed by atoms with Gasteiger partial charge in [0.2, 0.25) is 0 Å². The maximum atomic E-state index is 9.50. The maximum Gasteiger partial charge on any atom is 0.140 e. The minimum absolute atomic E-state index is 0.0354. The van der Waals surface area contributed by atoms with Gasteiger partial charge in [-0.25, -0.2) is 4.98 Å². The molecule has 0 bridgehead atoms. The van der Waals surface area contributed by atoms with Crippen LogP contribution in [0.4, 0.5) is 0 Å². The van der Waals surface area contributed by atoms with Gasteiger partial charge in [0.1, 0.15) is 17.4 Å². The molecule has 1 N–H and O–H groups in total. The van der Waals surface area contributed by atoms with Crippen molar-refractivity contribution in [2.45, 2.75) is 53.2 Å². The lowest BCUT2D eigenvalue weighted by Crippen LogP contribution is -2.14. The Bertz CT molecular complexity index is 606. The summed E-state index contributed by atoms with van der Waals surface area (Å²) < 4.78 is 5.95. The van der Waals surface area contributed by atoms with Crippen molar-refractivity contribution in [3.8, 4) is 5.75 Å². The Morgan fingerprint density at radius 2 is 1.81 bits per heavy atom. The van der Waals surface area contributed by atoms with Crippen molar-refractivity contribution in [3.05, 3.63) is 44.9 Å². The predicted molar refractivity (Wildman–Crippen MR) is 87.0 cm³/mol.